The standard InChI is InChI=1S/C17H25N5OS/c1-17(2,3)10-8-11(22-6-4-9(18)5-7-22)21-16-12(10)13(19)14(24-16)15(20)23/h8-9H,4-7,18-19H2,1-3H3,(H2,20,23). The van der Waals surface area contributed by atoms with E-state index in [1.54, 1.807) is 0 Å². The largest absolute Gasteiger partial charge is 0.397 e. The van der Waals surface area contributed by atoms with Gasteiger partial charge < -0.3 is 22.1 Å². The van der Waals surface area contributed by atoms with E-state index in [9.17, 15) is 4.79 Å². The Labute approximate surface area is 146 Å². The Balaban J connectivity index is 2.18. The van der Waals surface area contributed by atoms with E-state index in [2.05, 4.69) is 31.7 Å². The summed E-state index contributed by atoms with van der Waals surface area (Å²) < 4.78 is 0. The molecule has 1 saturated heterocycles. The minimum atomic E-state index is -0.499. The van der Waals surface area contributed by atoms with E-state index in [1.165, 1.54) is 11.3 Å². The van der Waals surface area contributed by atoms with Crippen LogP contribution in [0.5, 0.6) is 0 Å². The molecule has 0 saturated carbocycles. The fraction of sp³-hybridized carbons (Fsp3) is 0.529. The number of rotatable bonds is 2. The molecule has 3 rings (SSSR count). The first kappa shape index (κ1) is 17.0. The SMILES string of the molecule is CC(C)(C)c1cc(N2CCC(N)CC2)nc2sc(C(N)=O)c(N)c12. The number of carbonyl (C=O) groups excluding carboxylic acids is 1. The van der Waals surface area contributed by atoms with Gasteiger partial charge in [0.15, 0.2) is 0 Å². The number of fused-ring (bicyclic) bond motifs is 1. The Morgan fingerprint density at radius 1 is 1.33 bits per heavy atom. The molecule has 1 fully saturated rings. The minimum Gasteiger partial charge on any atom is -0.397 e. The average Bonchev–Trinajstić information content (AvgIpc) is 2.83. The summed E-state index contributed by atoms with van der Waals surface area (Å²) in [6.07, 6.45) is 1.92. The molecule has 3 heterocycles. The van der Waals surface area contributed by atoms with Gasteiger partial charge in [-0.2, -0.15) is 0 Å². The van der Waals surface area contributed by atoms with Gasteiger partial charge in [-0.05, 0) is 29.9 Å². The smallest absolute Gasteiger partial charge is 0.260 e. The number of nitrogens with zero attached hydrogens (tertiary/aromatic N) is 2. The maximum Gasteiger partial charge on any atom is 0.260 e. The molecule has 2 aromatic rings. The molecule has 0 radical (unpaired) electrons. The summed E-state index contributed by atoms with van der Waals surface area (Å²) in [5, 5.41) is 0.860. The summed E-state index contributed by atoms with van der Waals surface area (Å²) in [6.45, 7) is 8.20. The summed E-state index contributed by atoms with van der Waals surface area (Å²) in [6, 6.07) is 2.37. The van der Waals surface area contributed by atoms with E-state index in [0.29, 0.717) is 10.6 Å². The van der Waals surface area contributed by atoms with Gasteiger partial charge in [0, 0.05) is 24.5 Å². The number of anilines is 2. The normalized spacial score (nSPS) is 16.8. The Kier molecular flexibility index (Phi) is 4.17. The minimum absolute atomic E-state index is 0.119. The maximum absolute atomic E-state index is 11.7. The lowest BCUT2D eigenvalue weighted by molar-refractivity contribution is 0.100. The molecular formula is C17H25N5OS. The Morgan fingerprint density at radius 3 is 2.50 bits per heavy atom. The molecule has 7 heteroatoms. The van der Waals surface area contributed by atoms with Gasteiger partial charge in [-0.25, -0.2) is 4.98 Å². The molecule has 2 aromatic heterocycles. The van der Waals surface area contributed by atoms with Gasteiger partial charge in [-0.1, -0.05) is 20.8 Å². The van der Waals surface area contributed by atoms with Gasteiger partial charge >= 0.3 is 0 Å². The van der Waals surface area contributed by atoms with Crippen molar-refractivity contribution in [1.82, 2.24) is 4.98 Å². The predicted octanol–water partition coefficient (Wildman–Crippen LogP) is 2.20. The summed E-state index contributed by atoms with van der Waals surface area (Å²) in [4.78, 5) is 19.9. The molecule has 6 N–H and O–H groups in total. The van der Waals surface area contributed by atoms with Crippen LogP contribution in [-0.4, -0.2) is 30.0 Å². The molecule has 0 bridgehead atoms. The van der Waals surface area contributed by atoms with Crippen molar-refractivity contribution < 1.29 is 4.79 Å². The van der Waals surface area contributed by atoms with Crippen LogP contribution in [-0.2, 0) is 5.41 Å². The third-order valence-electron chi connectivity index (χ3n) is 4.58. The number of aromatic nitrogens is 1. The molecular weight excluding hydrogens is 322 g/mol. The number of hydrogen-bond donors (Lipinski definition) is 3. The van der Waals surface area contributed by atoms with Gasteiger partial charge in [-0.3, -0.25) is 4.79 Å². The van der Waals surface area contributed by atoms with Crippen molar-refractivity contribution in [3.05, 3.63) is 16.5 Å². The van der Waals surface area contributed by atoms with E-state index < -0.39 is 5.91 Å². The summed E-state index contributed by atoms with van der Waals surface area (Å²) in [7, 11) is 0. The number of nitrogen functional groups attached to an aromatic ring is 1. The highest BCUT2D eigenvalue weighted by Gasteiger charge is 2.27. The van der Waals surface area contributed by atoms with Crippen LogP contribution in [0.15, 0.2) is 6.07 Å². The first-order chi connectivity index (χ1) is 11.2. The predicted molar refractivity (Wildman–Crippen MR) is 101 cm³/mol. The van der Waals surface area contributed by atoms with Gasteiger partial charge in [-0.15, -0.1) is 11.3 Å². The second-order valence-corrected chi connectivity index (χ2v) is 8.49. The zero-order valence-electron chi connectivity index (χ0n) is 14.4. The van der Waals surface area contributed by atoms with Crippen LogP contribution in [0.25, 0.3) is 10.2 Å². The van der Waals surface area contributed by atoms with Crippen LogP contribution < -0.4 is 22.1 Å². The van der Waals surface area contributed by atoms with Crippen molar-refractivity contribution in [3.8, 4) is 0 Å². The lowest BCUT2D eigenvalue weighted by Gasteiger charge is -2.32. The maximum atomic E-state index is 11.7. The van der Waals surface area contributed by atoms with E-state index in [-0.39, 0.29) is 11.5 Å². The second kappa shape index (κ2) is 5.89. The molecule has 6 nitrogen and oxygen atoms in total. The van der Waals surface area contributed by atoms with Crippen LogP contribution in [0, 0.1) is 0 Å². The van der Waals surface area contributed by atoms with Gasteiger partial charge in [0.2, 0.25) is 0 Å². The molecule has 24 heavy (non-hydrogen) atoms. The molecule has 0 unspecified atom stereocenters. The average molecular weight is 347 g/mol. The first-order valence-corrected chi connectivity index (χ1v) is 9.04. The number of hydrogen-bond acceptors (Lipinski definition) is 6. The van der Waals surface area contributed by atoms with Crippen molar-refractivity contribution in [2.24, 2.45) is 11.5 Å². The van der Waals surface area contributed by atoms with Crippen molar-refractivity contribution in [1.29, 1.82) is 0 Å². The quantitative estimate of drug-likeness (QED) is 0.771. The molecule has 0 atom stereocenters. The molecule has 1 aliphatic rings. The molecule has 1 aliphatic heterocycles. The van der Waals surface area contributed by atoms with Crippen LogP contribution >= 0.6 is 11.3 Å². The van der Waals surface area contributed by atoms with E-state index in [1.807, 2.05) is 0 Å². The third kappa shape index (κ3) is 2.93. The zero-order valence-corrected chi connectivity index (χ0v) is 15.2. The van der Waals surface area contributed by atoms with Crippen molar-refractivity contribution >= 4 is 39.0 Å². The van der Waals surface area contributed by atoms with E-state index >= 15 is 0 Å². The highest BCUT2D eigenvalue weighted by atomic mass is 32.1. The third-order valence-corrected chi connectivity index (χ3v) is 5.69. The van der Waals surface area contributed by atoms with Crippen LogP contribution in [0.3, 0.4) is 0 Å². The fourth-order valence-electron chi connectivity index (χ4n) is 3.17. The number of primary amides is 1. The Morgan fingerprint density at radius 2 is 1.96 bits per heavy atom. The van der Waals surface area contributed by atoms with E-state index in [4.69, 9.17) is 22.2 Å². The lowest BCUT2D eigenvalue weighted by atomic mass is 9.85. The first-order valence-electron chi connectivity index (χ1n) is 8.22. The molecule has 0 aliphatic carbocycles. The van der Waals surface area contributed by atoms with Gasteiger partial charge in [0.05, 0.1) is 5.69 Å². The van der Waals surface area contributed by atoms with Crippen LogP contribution in [0.4, 0.5) is 11.5 Å². The van der Waals surface area contributed by atoms with Crippen molar-refractivity contribution in [3.63, 3.8) is 0 Å². The Bertz CT molecular complexity index is 784. The number of amides is 1. The highest BCUT2D eigenvalue weighted by Crippen LogP contribution is 2.41. The topological polar surface area (TPSA) is 111 Å². The number of thiophene rings is 1. The number of carbonyl (C=O) groups is 1. The second-order valence-electron chi connectivity index (χ2n) is 7.49. The van der Waals surface area contributed by atoms with E-state index in [0.717, 1.165) is 47.5 Å². The molecule has 130 valence electrons. The van der Waals surface area contributed by atoms with Gasteiger partial charge in [0.25, 0.3) is 5.91 Å². The molecule has 0 spiro atoms. The zero-order chi connectivity index (χ0) is 17.6. The monoisotopic (exact) mass is 347 g/mol. The number of pyridine rings is 1. The summed E-state index contributed by atoms with van der Waals surface area (Å²) >= 11 is 1.28. The Hall–Kier alpha value is -1.86. The number of piperidine rings is 1. The summed E-state index contributed by atoms with van der Waals surface area (Å²) in [5.41, 5.74) is 19.1. The molecule has 0 aromatic carbocycles. The van der Waals surface area contributed by atoms with Crippen LogP contribution in [0.1, 0.15) is 48.8 Å². The van der Waals surface area contributed by atoms with Crippen LogP contribution in [0.2, 0.25) is 0 Å². The highest BCUT2D eigenvalue weighted by molar-refractivity contribution is 7.21. The van der Waals surface area contributed by atoms with Crippen molar-refractivity contribution in [2.45, 2.75) is 45.1 Å². The molecule has 1 amide bonds. The van der Waals surface area contributed by atoms with Gasteiger partial charge in [0.1, 0.15) is 15.5 Å². The fourth-order valence-corrected chi connectivity index (χ4v) is 4.14. The summed E-state index contributed by atoms with van der Waals surface area (Å²) in [5.74, 6) is 0.428. The number of nitrogens with two attached hydrogens (primary N) is 3. The lowest BCUT2D eigenvalue weighted by Crippen LogP contribution is -2.40. The van der Waals surface area contributed by atoms with Crippen molar-refractivity contribution in [2.75, 3.05) is 23.7 Å².